The van der Waals surface area contributed by atoms with Gasteiger partial charge in [0, 0.05) is 27.4 Å². The highest BCUT2D eigenvalue weighted by atomic mass is 127. The van der Waals surface area contributed by atoms with E-state index in [0.717, 1.165) is 14.9 Å². The quantitative estimate of drug-likeness (QED) is 0.734. The molecule has 0 aliphatic heterocycles. The number of ketones is 1. The van der Waals surface area contributed by atoms with Gasteiger partial charge in [0.2, 0.25) is 0 Å². The molecule has 0 amide bonds. The molecular weight excluding hydrogens is 339 g/mol. The molecule has 18 heavy (non-hydrogen) atoms. The smallest absolute Gasteiger partial charge is 0.133 e. The fourth-order valence-electron chi connectivity index (χ4n) is 2.45. The number of Topliss-reactive ketones (excluding diaryl/α,β-unsaturated/α-hetero) is 1. The van der Waals surface area contributed by atoms with Crippen molar-refractivity contribution in [3.05, 3.63) is 26.8 Å². The fourth-order valence-corrected chi connectivity index (χ4v) is 3.20. The van der Waals surface area contributed by atoms with Crippen LogP contribution in [0.3, 0.4) is 0 Å². The van der Waals surface area contributed by atoms with Crippen molar-refractivity contribution in [1.82, 2.24) is 0 Å². The highest BCUT2D eigenvalue weighted by Crippen LogP contribution is 2.38. The molecule has 0 saturated carbocycles. The van der Waals surface area contributed by atoms with Gasteiger partial charge in [-0.05, 0) is 47.2 Å². The van der Waals surface area contributed by atoms with Gasteiger partial charge in [0.05, 0.1) is 7.11 Å². The summed E-state index contributed by atoms with van der Waals surface area (Å²) in [6, 6.07) is 4.16. The number of hydrogen-bond acceptors (Lipinski definition) is 2. The molecular formula is C15H21IO2. The summed E-state index contributed by atoms with van der Waals surface area (Å²) in [6.45, 7) is 8.21. The Bertz CT molecular complexity index is 450. The monoisotopic (exact) mass is 360 g/mol. The summed E-state index contributed by atoms with van der Waals surface area (Å²) < 4.78 is 6.65. The predicted molar refractivity (Wildman–Crippen MR) is 83.4 cm³/mol. The number of hydrogen-bond donors (Lipinski definition) is 0. The molecule has 0 N–H and O–H groups in total. The minimum Gasteiger partial charge on any atom is -0.496 e. The first-order valence-corrected chi connectivity index (χ1v) is 7.26. The molecule has 0 spiro atoms. The molecule has 0 saturated heterocycles. The van der Waals surface area contributed by atoms with Crippen LogP contribution in [0.2, 0.25) is 0 Å². The zero-order valence-electron chi connectivity index (χ0n) is 11.8. The van der Waals surface area contributed by atoms with Gasteiger partial charge in [0.1, 0.15) is 11.5 Å². The van der Waals surface area contributed by atoms with Crippen LogP contribution in [0.15, 0.2) is 12.1 Å². The summed E-state index contributed by atoms with van der Waals surface area (Å²) in [5, 5.41) is 0. The van der Waals surface area contributed by atoms with Gasteiger partial charge in [-0.3, -0.25) is 4.79 Å². The molecule has 0 atom stereocenters. The summed E-state index contributed by atoms with van der Waals surface area (Å²) in [5.74, 6) is 1.17. The molecule has 0 bridgehead atoms. The Morgan fingerprint density at radius 3 is 2.50 bits per heavy atom. The molecule has 0 heterocycles. The van der Waals surface area contributed by atoms with Crippen molar-refractivity contribution >= 4 is 28.4 Å². The zero-order valence-corrected chi connectivity index (χ0v) is 13.9. The summed E-state index contributed by atoms with van der Waals surface area (Å²) >= 11 is 2.29. The van der Waals surface area contributed by atoms with Crippen molar-refractivity contribution in [3.63, 3.8) is 0 Å². The van der Waals surface area contributed by atoms with E-state index in [-0.39, 0.29) is 5.41 Å². The summed E-state index contributed by atoms with van der Waals surface area (Å²) in [7, 11) is 1.69. The Balaban J connectivity index is 3.26. The number of halogens is 1. The van der Waals surface area contributed by atoms with E-state index in [0.29, 0.717) is 18.6 Å². The van der Waals surface area contributed by atoms with Gasteiger partial charge in [-0.2, -0.15) is 0 Å². The fraction of sp³-hybridized carbons (Fsp3) is 0.533. The number of aryl methyl sites for hydroxylation is 1. The Labute approximate surface area is 123 Å². The van der Waals surface area contributed by atoms with Crippen molar-refractivity contribution in [2.24, 2.45) is 0 Å². The van der Waals surface area contributed by atoms with Gasteiger partial charge in [-0.25, -0.2) is 0 Å². The maximum atomic E-state index is 11.7. The average Bonchev–Trinajstić information content (AvgIpc) is 2.26. The number of methoxy groups -OCH3 is 1. The minimum absolute atomic E-state index is 0.188. The third kappa shape index (κ3) is 3.46. The van der Waals surface area contributed by atoms with E-state index >= 15 is 0 Å². The molecule has 3 heteroatoms. The lowest BCUT2D eigenvalue weighted by molar-refractivity contribution is -0.119. The molecule has 0 radical (unpaired) electrons. The zero-order chi connectivity index (χ0) is 13.9. The lowest BCUT2D eigenvalue weighted by Crippen LogP contribution is -2.23. The van der Waals surface area contributed by atoms with Gasteiger partial charge < -0.3 is 4.74 Å². The van der Waals surface area contributed by atoms with E-state index in [1.54, 1.807) is 7.11 Å². The summed E-state index contributed by atoms with van der Waals surface area (Å²) in [4.78, 5) is 11.7. The Morgan fingerprint density at radius 2 is 2.00 bits per heavy atom. The second-order valence-electron chi connectivity index (χ2n) is 5.25. The molecule has 0 fully saturated rings. The highest BCUT2D eigenvalue weighted by molar-refractivity contribution is 14.1. The van der Waals surface area contributed by atoms with Crippen molar-refractivity contribution in [1.29, 1.82) is 0 Å². The molecule has 2 nitrogen and oxygen atoms in total. The van der Waals surface area contributed by atoms with Crippen LogP contribution in [0.4, 0.5) is 0 Å². The normalized spacial score (nSPS) is 11.4. The molecule has 1 aromatic rings. The second-order valence-corrected chi connectivity index (χ2v) is 6.50. The van der Waals surface area contributed by atoms with Crippen LogP contribution in [0.1, 0.15) is 44.7 Å². The maximum Gasteiger partial charge on any atom is 0.133 e. The van der Waals surface area contributed by atoms with Crippen molar-refractivity contribution in [2.75, 3.05) is 7.11 Å². The second kappa shape index (κ2) is 6.04. The first-order chi connectivity index (χ1) is 8.31. The first-order valence-electron chi connectivity index (χ1n) is 6.18. The summed E-state index contributed by atoms with van der Waals surface area (Å²) in [6.07, 6.45) is 1.15. The lowest BCUT2D eigenvalue weighted by Gasteiger charge is -2.28. The SMILES string of the molecule is CCC(=O)CC(C)(C)c1c(C)cc(I)cc1OC. The Hall–Kier alpha value is -0.580. The van der Waals surface area contributed by atoms with Crippen LogP contribution in [-0.2, 0) is 10.2 Å². The van der Waals surface area contributed by atoms with E-state index in [4.69, 9.17) is 4.74 Å². The van der Waals surface area contributed by atoms with Gasteiger partial charge in [0.25, 0.3) is 0 Å². The topological polar surface area (TPSA) is 26.3 Å². The molecule has 100 valence electrons. The number of rotatable bonds is 5. The van der Waals surface area contributed by atoms with Crippen molar-refractivity contribution < 1.29 is 9.53 Å². The van der Waals surface area contributed by atoms with E-state index < -0.39 is 0 Å². The Kier molecular flexibility index (Phi) is 5.20. The van der Waals surface area contributed by atoms with Gasteiger partial charge in [0.15, 0.2) is 0 Å². The summed E-state index contributed by atoms with van der Waals surface area (Å²) in [5.41, 5.74) is 2.15. The van der Waals surface area contributed by atoms with Crippen LogP contribution < -0.4 is 4.74 Å². The van der Waals surface area contributed by atoms with Crippen LogP contribution in [0.5, 0.6) is 5.75 Å². The van der Waals surface area contributed by atoms with E-state index in [9.17, 15) is 4.79 Å². The van der Waals surface area contributed by atoms with E-state index in [1.807, 2.05) is 13.0 Å². The molecule has 0 aliphatic carbocycles. The van der Waals surface area contributed by atoms with Crippen LogP contribution >= 0.6 is 22.6 Å². The van der Waals surface area contributed by atoms with Crippen LogP contribution in [0.25, 0.3) is 0 Å². The van der Waals surface area contributed by atoms with Gasteiger partial charge in [-0.1, -0.05) is 20.8 Å². The third-order valence-electron chi connectivity index (χ3n) is 3.19. The first kappa shape index (κ1) is 15.5. The highest BCUT2D eigenvalue weighted by Gasteiger charge is 2.28. The van der Waals surface area contributed by atoms with E-state index in [1.165, 1.54) is 5.56 Å². The number of carbonyl (C=O) groups excluding carboxylic acids is 1. The number of benzene rings is 1. The van der Waals surface area contributed by atoms with E-state index in [2.05, 4.69) is 49.4 Å². The van der Waals surface area contributed by atoms with Crippen LogP contribution in [-0.4, -0.2) is 12.9 Å². The standard InChI is InChI=1S/C15H21IO2/c1-6-12(17)9-15(3,4)14-10(2)7-11(16)8-13(14)18-5/h7-8H,6,9H2,1-5H3. The van der Waals surface area contributed by atoms with Gasteiger partial charge in [-0.15, -0.1) is 0 Å². The largest absolute Gasteiger partial charge is 0.496 e. The third-order valence-corrected chi connectivity index (χ3v) is 3.82. The molecule has 0 unspecified atom stereocenters. The lowest BCUT2D eigenvalue weighted by atomic mass is 9.77. The molecule has 1 aromatic carbocycles. The number of ether oxygens (including phenoxy) is 1. The molecule has 0 aliphatic rings. The minimum atomic E-state index is -0.188. The van der Waals surface area contributed by atoms with Gasteiger partial charge >= 0.3 is 0 Å². The molecule has 1 rings (SSSR count). The van der Waals surface area contributed by atoms with Crippen molar-refractivity contribution in [3.8, 4) is 5.75 Å². The van der Waals surface area contributed by atoms with Crippen molar-refractivity contribution in [2.45, 2.75) is 46.0 Å². The predicted octanol–water partition coefficient (Wildman–Crippen LogP) is 4.26. The number of carbonyl (C=O) groups is 1. The van der Waals surface area contributed by atoms with Crippen LogP contribution in [0, 0.1) is 10.5 Å². The maximum absolute atomic E-state index is 11.7. The average molecular weight is 360 g/mol. The molecule has 0 aromatic heterocycles. The Morgan fingerprint density at radius 1 is 1.39 bits per heavy atom.